The summed E-state index contributed by atoms with van der Waals surface area (Å²) in [5.74, 6) is -1.21. The lowest BCUT2D eigenvalue weighted by molar-refractivity contribution is -0.146. The van der Waals surface area contributed by atoms with Crippen molar-refractivity contribution in [1.82, 2.24) is 9.78 Å². The second kappa shape index (κ2) is 4.80. The van der Waals surface area contributed by atoms with Crippen molar-refractivity contribution < 1.29 is 15.0 Å². The van der Waals surface area contributed by atoms with Gasteiger partial charge in [-0.25, -0.2) is 9.48 Å². The van der Waals surface area contributed by atoms with Crippen LogP contribution < -0.4 is 0 Å². The van der Waals surface area contributed by atoms with Crippen molar-refractivity contribution in [2.45, 2.75) is 12.5 Å². The fourth-order valence-electron chi connectivity index (χ4n) is 1.56. The van der Waals surface area contributed by atoms with Crippen molar-refractivity contribution in [3.63, 3.8) is 0 Å². The number of hydrogen-bond donors (Lipinski definition) is 2. The molecular weight excluding hydrogens is 220 g/mol. The number of carboxylic acids is 1. The Kier molecular flexibility index (Phi) is 3.20. The molecule has 0 amide bonds. The number of aliphatic carboxylic acids is 1. The highest BCUT2D eigenvalue weighted by atomic mass is 16.4. The van der Waals surface area contributed by atoms with Crippen molar-refractivity contribution in [3.8, 4) is 5.69 Å². The van der Waals surface area contributed by atoms with Gasteiger partial charge in [0.25, 0.3) is 0 Å². The van der Waals surface area contributed by atoms with Crippen LogP contribution in [0.1, 0.15) is 5.56 Å². The molecule has 17 heavy (non-hydrogen) atoms. The molecule has 1 heterocycles. The zero-order valence-corrected chi connectivity index (χ0v) is 9.02. The van der Waals surface area contributed by atoms with Gasteiger partial charge in [0.1, 0.15) is 0 Å². The van der Waals surface area contributed by atoms with Gasteiger partial charge in [-0.2, -0.15) is 5.10 Å². The summed E-state index contributed by atoms with van der Waals surface area (Å²) in [6.07, 6.45) is 2.18. The lowest BCUT2D eigenvalue weighted by Crippen LogP contribution is -2.22. The van der Waals surface area contributed by atoms with E-state index in [1.807, 2.05) is 6.07 Å². The van der Waals surface area contributed by atoms with Crippen LogP contribution in [-0.2, 0) is 11.2 Å². The topological polar surface area (TPSA) is 75.3 Å². The molecule has 88 valence electrons. The Morgan fingerprint density at radius 2 is 2.24 bits per heavy atom. The molecular formula is C12H12N2O3. The van der Waals surface area contributed by atoms with Gasteiger partial charge < -0.3 is 10.2 Å². The van der Waals surface area contributed by atoms with E-state index in [-0.39, 0.29) is 6.42 Å². The normalized spacial score (nSPS) is 12.3. The number of aliphatic hydroxyl groups is 1. The van der Waals surface area contributed by atoms with Gasteiger partial charge in [0, 0.05) is 18.8 Å². The average molecular weight is 232 g/mol. The second-order valence-electron chi connectivity index (χ2n) is 3.68. The maximum Gasteiger partial charge on any atom is 0.332 e. The van der Waals surface area contributed by atoms with Gasteiger partial charge in [-0.3, -0.25) is 0 Å². The van der Waals surface area contributed by atoms with Gasteiger partial charge in [0.2, 0.25) is 0 Å². The first-order chi connectivity index (χ1) is 8.16. The van der Waals surface area contributed by atoms with Crippen LogP contribution in [0.25, 0.3) is 5.69 Å². The summed E-state index contributed by atoms with van der Waals surface area (Å²) in [6, 6.07) is 9.06. The standard InChI is InChI=1S/C12H12N2O3/c15-11(12(16)17)8-9-3-1-4-10(7-9)14-6-2-5-13-14/h1-7,11,15H,8H2,(H,16,17)/t11-/m1/s1. The Morgan fingerprint density at radius 3 is 2.88 bits per heavy atom. The third-order valence-corrected chi connectivity index (χ3v) is 2.39. The fourth-order valence-corrected chi connectivity index (χ4v) is 1.56. The highest BCUT2D eigenvalue weighted by Gasteiger charge is 2.13. The molecule has 5 nitrogen and oxygen atoms in total. The maximum absolute atomic E-state index is 10.5. The van der Waals surface area contributed by atoms with E-state index in [0.29, 0.717) is 0 Å². The van der Waals surface area contributed by atoms with Crippen molar-refractivity contribution in [1.29, 1.82) is 0 Å². The van der Waals surface area contributed by atoms with Crippen LogP contribution in [0.15, 0.2) is 42.7 Å². The zero-order chi connectivity index (χ0) is 12.3. The van der Waals surface area contributed by atoms with Gasteiger partial charge >= 0.3 is 5.97 Å². The Morgan fingerprint density at radius 1 is 1.41 bits per heavy atom. The lowest BCUT2D eigenvalue weighted by atomic mass is 10.1. The molecule has 2 N–H and O–H groups in total. The minimum atomic E-state index is -1.37. The minimum absolute atomic E-state index is 0.0877. The molecule has 1 aromatic carbocycles. The SMILES string of the molecule is O=C(O)[C@H](O)Cc1cccc(-n2cccn2)c1. The van der Waals surface area contributed by atoms with E-state index >= 15 is 0 Å². The molecule has 0 saturated carbocycles. The Hall–Kier alpha value is -2.14. The van der Waals surface area contributed by atoms with Crippen LogP contribution >= 0.6 is 0 Å². The Bertz CT molecular complexity index is 508. The third kappa shape index (κ3) is 2.70. The molecule has 0 unspecified atom stereocenters. The van der Waals surface area contributed by atoms with E-state index in [4.69, 9.17) is 5.11 Å². The van der Waals surface area contributed by atoms with Gasteiger partial charge in [-0.05, 0) is 23.8 Å². The molecule has 0 aliphatic carbocycles. The molecule has 0 fully saturated rings. The summed E-state index contributed by atoms with van der Waals surface area (Å²) >= 11 is 0. The van der Waals surface area contributed by atoms with Gasteiger partial charge in [0.05, 0.1) is 5.69 Å². The molecule has 2 aromatic rings. The van der Waals surface area contributed by atoms with Crippen molar-refractivity contribution in [2.75, 3.05) is 0 Å². The van der Waals surface area contributed by atoms with Crippen molar-refractivity contribution in [2.24, 2.45) is 0 Å². The van der Waals surface area contributed by atoms with Gasteiger partial charge in [-0.1, -0.05) is 12.1 Å². The molecule has 0 aliphatic heterocycles. The summed E-state index contributed by atoms with van der Waals surface area (Å²) in [6.45, 7) is 0. The minimum Gasteiger partial charge on any atom is -0.479 e. The number of aliphatic hydroxyl groups excluding tert-OH is 1. The molecule has 1 atom stereocenters. The number of rotatable bonds is 4. The number of carbonyl (C=O) groups is 1. The quantitative estimate of drug-likeness (QED) is 0.819. The summed E-state index contributed by atoms with van der Waals surface area (Å²) < 4.78 is 1.68. The molecule has 0 spiro atoms. The molecule has 0 aliphatic rings. The number of benzene rings is 1. The zero-order valence-electron chi connectivity index (χ0n) is 9.02. The van der Waals surface area contributed by atoms with Crippen molar-refractivity contribution >= 4 is 5.97 Å². The van der Waals surface area contributed by atoms with E-state index in [2.05, 4.69) is 5.10 Å². The molecule has 5 heteroatoms. The molecule has 1 aromatic heterocycles. The third-order valence-electron chi connectivity index (χ3n) is 2.39. The van der Waals surface area contributed by atoms with E-state index in [1.54, 1.807) is 41.3 Å². The summed E-state index contributed by atoms with van der Waals surface area (Å²) in [5.41, 5.74) is 1.60. The molecule has 0 radical (unpaired) electrons. The molecule has 0 bridgehead atoms. The summed E-state index contributed by atoms with van der Waals surface area (Å²) in [5, 5.41) is 22.0. The van der Waals surface area contributed by atoms with Crippen LogP contribution in [0.2, 0.25) is 0 Å². The largest absolute Gasteiger partial charge is 0.479 e. The van der Waals surface area contributed by atoms with Crippen LogP contribution in [0, 0.1) is 0 Å². The summed E-state index contributed by atoms with van der Waals surface area (Å²) in [4.78, 5) is 10.5. The molecule has 0 saturated heterocycles. The second-order valence-corrected chi connectivity index (χ2v) is 3.68. The average Bonchev–Trinajstić information content (AvgIpc) is 2.82. The van der Waals surface area contributed by atoms with E-state index in [0.717, 1.165) is 11.3 Å². The smallest absolute Gasteiger partial charge is 0.332 e. The number of nitrogens with zero attached hydrogens (tertiary/aromatic N) is 2. The Labute approximate surface area is 97.9 Å². The predicted octanol–water partition coefficient (Wildman–Crippen LogP) is 0.860. The van der Waals surface area contributed by atoms with E-state index < -0.39 is 12.1 Å². The number of aromatic nitrogens is 2. The first-order valence-corrected chi connectivity index (χ1v) is 5.16. The molecule has 2 rings (SSSR count). The van der Waals surface area contributed by atoms with Crippen LogP contribution in [0.5, 0.6) is 0 Å². The highest BCUT2D eigenvalue weighted by Crippen LogP contribution is 2.11. The first-order valence-electron chi connectivity index (χ1n) is 5.16. The van der Waals surface area contributed by atoms with E-state index in [9.17, 15) is 9.90 Å². The summed E-state index contributed by atoms with van der Waals surface area (Å²) in [7, 11) is 0. The monoisotopic (exact) mass is 232 g/mol. The van der Waals surface area contributed by atoms with E-state index in [1.165, 1.54) is 0 Å². The fraction of sp³-hybridized carbons (Fsp3) is 0.167. The predicted molar refractivity (Wildman–Crippen MR) is 60.9 cm³/mol. The van der Waals surface area contributed by atoms with Crippen LogP contribution in [0.3, 0.4) is 0 Å². The number of hydrogen-bond acceptors (Lipinski definition) is 3. The number of carboxylic acid groups (broad SMARTS) is 1. The highest BCUT2D eigenvalue weighted by molar-refractivity contribution is 5.72. The maximum atomic E-state index is 10.5. The van der Waals surface area contributed by atoms with Gasteiger partial charge in [0.15, 0.2) is 6.10 Å². The van der Waals surface area contributed by atoms with Gasteiger partial charge in [-0.15, -0.1) is 0 Å². The van der Waals surface area contributed by atoms with Crippen molar-refractivity contribution in [3.05, 3.63) is 48.3 Å². The van der Waals surface area contributed by atoms with Crippen LogP contribution in [-0.4, -0.2) is 32.1 Å². The lowest BCUT2D eigenvalue weighted by Gasteiger charge is -2.07. The Balaban J connectivity index is 2.20. The first kappa shape index (κ1) is 11.3. The van der Waals surface area contributed by atoms with Crippen LogP contribution in [0.4, 0.5) is 0 Å².